The fourth-order valence-corrected chi connectivity index (χ4v) is 1.43. The number of nitrogens with two attached hydrogens (primary N) is 2. The molecule has 1 heterocycles. The van der Waals surface area contributed by atoms with E-state index in [0.29, 0.717) is 23.0 Å². The number of anilines is 2. The van der Waals surface area contributed by atoms with Gasteiger partial charge in [-0.05, 0) is 0 Å². The highest BCUT2D eigenvalue weighted by atomic mass is 15.0. The lowest BCUT2D eigenvalue weighted by Crippen LogP contribution is -2.04. The molecule has 4 nitrogen and oxygen atoms in total. The van der Waals surface area contributed by atoms with Crippen molar-refractivity contribution in [1.29, 1.82) is 0 Å². The van der Waals surface area contributed by atoms with E-state index >= 15 is 0 Å². The highest BCUT2D eigenvalue weighted by Gasteiger charge is 2.08. The van der Waals surface area contributed by atoms with E-state index in [4.69, 9.17) is 11.5 Å². The van der Waals surface area contributed by atoms with Gasteiger partial charge in [-0.1, -0.05) is 43.0 Å². The third kappa shape index (κ3) is 1.72. The lowest BCUT2D eigenvalue weighted by Gasteiger charge is -2.06. The van der Waals surface area contributed by atoms with E-state index in [2.05, 4.69) is 16.5 Å². The monoisotopic (exact) mass is 212 g/mol. The van der Waals surface area contributed by atoms with E-state index in [9.17, 15) is 0 Å². The average molecular weight is 212 g/mol. The molecule has 1 aromatic carbocycles. The summed E-state index contributed by atoms with van der Waals surface area (Å²) in [4.78, 5) is 8.38. The first-order valence-corrected chi connectivity index (χ1v) is 4.83. The molecule has 4 N–H and O–H groups in total. The van der Waals surface area contributed by atoms with E-state index in [0.717, 1.165) is 5.56 Å². The molecule has 16 heavy (non-hydrogen) atoms. The van der Waals surface area contributed by atoms with Gasteiger partial charge in [0.15, 0.2) is 5.82 Å². The van der Waals surface area contributed by atoms with Crippen LogP contribution in [0.15, 0.2) is 36.9 Å². The quantitative estimate of drug-likeness (QED) is 0.797. The second-order valence-corrected chi connectivity index (χ2v) is 3.30. The molecule has 0 bridgehead atoms. The number of hydrogen-bond acceptors (Lipinski definition) is 4. The molecular weight excluding hydrogens is 200 g/mol. The summed E-state index contributed by atoms with van der Waals surface area (Å²) in [5, 5.41) is 0. The van der Waals surface area contributed by atoms with Gasteiger partial charge in [-0.2, -0.15) is 0 Å². The summed E-state index contributed by atoms with van der Waals surface area (Å²) < 4.78 is 0. The fraction of sp³-hybridized carbons (Fsp3) is 0. The molecule has 0 aliphatic carbocycles. The van der Waals surface area contributed by atoms with Crippen molar-refractivity contribution in [3.8, 4) is 11.4 Å². The van der Waals surface area contributed by atoms with Gasteiger partial charge in [-0.3, -0.25) is 0 Å². The molecule has 0 saturated heterocycles. The highest BCUT2D eigenvalue weighted by Crippen LogP contribution is 2.22. The van der Waals surface area contributed by atoms with Gasteiger partial charge in [0.2, 0.25) is 0 Å². The average Bonchev–Trinajstić information content (AvgIpc) is 2.30. The molecule has 0 unspecified atom stereocenters. The van der Waals surface area contributed by atoms with Crippen LogP contribution >= 0.6 is 0 Å². The van der Waals surface area contributed by atoms with Crippen molar-refractivity contribution in [2.24, 2.45) is 0 Å². The van der Waals surface area contributed by atoms with E-state index in [1.54, 1.807) is 6.08 Å². The molecule has 4 heteroatoms. The lowest BCUT2D eigenvalue weighted by molar-refractivity contribution is 1.18. The summed E-state index contributed by atoms with van der Waals surface area (Å²) in [5.74, 6) is 1.23. The summed E-state index contributed by atoms with van der Waals surface area (Å²) in [6.07, 6.45) is 1.56. The Kier molecular flexibility index (Phi) is 2.55. The van der Waals surface area contributed by atoms with Crippen LogP contribution in [0.2, 0.25) is 0 Å². The summed E-state index contributed by atoms with van der Waals surface area (Å²) in [7, 11) is 0. The van der Waals surface area contributed by atoms with Crippen molar-refractivity contribution in [2.45, 2.75) is 0 Å². The molecule has 0 aliphatic rings. The van der Waals surface area contributed by atoms with Crippen molar-refractivity contribution < 1.29 is 0 Å². The maximum absolute atomic E-state index is 5.77. The van der Waals surface area contributed by atoms with Gasteiger partial charge < -0.3 is 11.5 Å². The zero-order chi connectivity index (χ0) is 11.5. The number of hydrogen-bond donors (Lipinski definition) is 2. The van der Waals surface area contributed by atoms with Gasteiger partial charge in [-0.25, -0.2) is 9.97 Å². The van der Waals surface area contributed by atoms with Crippen LogP contribution in [0.4, 0.5) is 11.6 Å². The molecule has 0 spiro atoms. The van der Waals surface area contributed by atoms with Crippen LogP contribution in [0, 0.1) is 0 Å². The van der Waals surface area contributed by atoms with Crippen LogP contribution in [0.1, 0.15) is 5.56 Å². The first-order valence-electron chi connectivity index (χ1n) is 4.83. The zero-order valence-electron chi connectivity index (χ0n) is 8.72. The van der Waals surface area contributed by atoms with Crippen LogP contribution in [0.5, 0.6) is 0 Å². The molecule has 0 atom stereocenters. The van der Waals surface area contributed by atoms with Gasteiger partial charge in [0, 0.05) is 5.56 Å². The minimum Gasteiger partial charge on any atom is -0.383 e. The molecule has 0 fully saturated rings. The van der Waals surface area contributed by atoms with Gasteiger partial charge in [-0.15, -0.1) is 0 Å². The molecule has 0 radical (unpaired) electrons. The number of rotatable bonds is 2. The maximum Gasteiger partial charge on any atom is 0.163 e. The Balaban J connectivity index is 2.57. The summed E-state index contributed by atoms with van der Waals surface area (Å²) in [6.45, 7) is 3.62. The van der Waals surface area contributed by atoms with Gasteiger partial charge in [0.25, 0.3) is 0 Å². The third-order valence-electron chi connectivity index (χ3n) is 2.24. The van der Waals surface area contributed by atoms with Gasteiger partial charge in [0.1, 0.15) is 11.6 Å². The van der Waals surface area contributed by atoms with E-state index < -0.39 is 0 Å². The van der Waals surface area contributed by atoms with E-state index in [-0.39, 0.29) is 0 Å². The standard InChI is InChI=1S/C12H12N4/c1-2-9-10(13)15-12(16-11(9)14)8-6-4-3-5-7-8/h2-7H,1H2,(H4,13,14,15,16). The van der Waals surface area contributed by atoms with E-state index in [1.165, 1.54) is 0 Å². The maximum atomic E-state index is 5.77. The predicted octanol–water partition coefficient (Wildman–Crippen LogP) is 1.95. The Morgan fingerprint density at radius 2 is 1.56 bits per heavy atom. The van der Waals surface area contributed by atoms with Crippen molar-refractivity contribution in [3.63, 3.8) is 0 Å². The second-order valence-electron chi connectivity index (χ2n) is 3.30. The van der Waals surface area contributed by atoms with Crippen molar-refractivity contribution in [1.82, 2.24) is 9.97 Å². The number of benzene rings is 1. The number of nitrogens with zero attached hydrogens (tertiary/aromatic N) is 2. The number of aromatic nitrogens is 2. The molecule has 2 aromatic rings. The molecule has 80 valence electrons. The third-order valence-corrected chi connectivity index (χ3v) is 2.24. The predicted molar refractivity (Wildman–Crippen MR) is 66.4 cm³/mol. The molecule has 0 saturated carbocycles. The summed E-state index contributed by atoms with van der Waals surface area (Å²) >= 11 is 0. The SMILES string of the molecule is C=Cc1c(N)nc(-c2ccccc2)nc1N. The van der Waals surface area contributed by atoms with Crippen molar-refractivity contribution in [2.75, 3.05) is 11.5 Å². The van der Waals surface area contributed by atoms with Crippen LogP contribution in [-0.4, -0.2) is 9.97 Å². The highest BCUT2D eigenvalue weighted by molar-refractivity contribution is 5.72. The minimum atomic E-state index is 0.348. The van der Waals surface area contributed by atoms with Crippen molar-refractivity contribution >= 4 is 17.7 Å². The Morgan fingerprint density at radius 1 is 1.00 bits per heavy atom. The number of nitrogen functional groups attached to an aromatic ring is 2. The van der Waals surface area contributed by atoms with Crippen LogP contribution < -0.4 is 11.5 Å². The normalized spacial score (nSPS) is 10.0. The van der Waals surface area contributed by atoms with Crippen LogP contribution in [0.25, 0.3) is 17.5 Å². The Morgan fingerprint density at radius 3 is 2.06 bits per heavy atom. The second kappa shape index (κ2) is 4.02. The smallest absolute Gasteiger partial charge is 0.163 e. The minimum absolute atomic E-state index is 0.348. The molecule has 2 rings (SSSR count). The lowest BCUT2D eigenvalue weighted by atomic mass is 10.2. The Labute approximate surface area is 93.6 Å². The fourth-order valence-electron chi connectivity index (χ4n) is 1.43. The zero-order valence-corrected chi connectivity index (χ0v) is 8.72. The molecule has 0 aliphatic heterocycles. The summed E-state index contributed by atoms with van der Waals surface area (Å²) in [6, 6.07) is 9.55. The van der Waals surface area contributed by atoms with Crippen LogP contribution in [0.3, 0.4) is 0 Å². The largest absolute Gasteiger partial charge is 0.383 e. The molecule has 0 amide bonds. The van der Waals surface area contributed by atoms with Gasteiger partial charge >= 0.3 is 0 Å². The van der Waals surface area contributed by atoms with Crippen molar-refractivity contribution in [3.05, 3.63) is 42.5 Å². The first-order chi connectivity index (χ1) is 7.72. The Bertz CT molecular complexity index is 497. The molecular formula is C12H12N4. The van der Waals surface area contributed by atoms with E-state index in [1.807, 2.05) is 30.3 Å². The Hall–Kier alpha value is -2.36. The van der Waals surface area contributed by atoms with Crippen LogP contribution in [-0.2, 0) is 0 Å². The van der Waals surface area contributed by atoms with Gasteiger partial charge in [0.05, 0.1) is 5.56 Å². The topological polar surface area (TPSA) is 77.8 Å². The first kappa shape index (κ1) is 10.2. The molecule has 1 aromatic heterocycles. The summed E-state index contributed by atoms with van der Waals surface area (Å²) in [5.41, 5.74) is 13.0.